The van der Waals surface area contributed by atoms with Gasteiger partial charge in [-0.1, -0.05) is 19.1 Å². The van der Waals surface area contributed by atoms with Gasteiger partial charge in [0.05, 0.1) is 0 Å². The number of amides is 2. The molecule has 0 spiro atoms. The van der Waals surface area contributed by atoms with E-state index in [2.05, 4.69) is 41.8 Å². The van der Waals surface area contributed by atoms with E-state index in [0.717, 1.165) is 36.4 Å². The highest BCUT2D eigenvalue weighted by atomic mass is 16.2. The van der Waals surface area contributed by atoms with Gasteiger partial charge in [0, 0.05) is 12.2 Å². The molecule has 0 heterocycles. The number of urea groups is 1. The first-order chi connectivity index (χ1) is 11.2. The van der Waals surface area contributed by atoms with E-state index in [9.17, 15) is 4.79 Å². The molecule has 0 aromatic heterocycles. The van der Waals surface area contributed by atoms with Crippen LogP contribution in [0.1, 0.15) is 57.4 Å². The molecule has 0 atom stereocenters. The van der Waals surface area contributed by atoms with Gasteiger partial charge in [-0.2, -0.15) is 0 Å². The first kappa shape index (κ1) is 15.0. The molecule has 0 aliphatic heterocycles. The van der Waals surface area contributed by atoms with Gasteiger partial charge in [0.1, 0.15) is 0 Å². The Kier molecular flexibility index (Phi) is 3.82. The van der Waals surface area contributed by atoms with Crippen molar-refractivity contribution in [2.75, 3.05) is 11.9 Å². The van der Waals surface area contributed by atoms with Crippen LogP contribution in [0.5, 0.6) is 0 Å². The van der Waals surface area contributed by atoms with Crippen molar-refractivity contribution in [3.63, 3.8) is 0 Å². The third kappa shape index (κ3) is 2.86. The summed E-state index contributed by atoms with van der Waals surface area (Å²) in [5.74, 6) is 2.91. The number of hydrogen-bond donors (Lipinski definition) is 2. The van der Waals surface area contributed by atoms with Crippen LogP contribution in [-0.2, 0) is 5.41 Å². The summed E-state index contributed by atoms with van der Waals surface area (Å²) in [6, 6.07) is 8.60. The maximum absolute atomic E-state index is 11.8. The van der Waals surface area contributed by atoms with Gasteiger partial charge in [-0.3, -0.25) is 0 Å². The zero-order valence-electron chi connectivity index (χ0n) is 14.1. The van der Waals surface area contributed by atoms with Gasteiger partial charge in [0.2, 0.25) is 0 Å². The van der Waals surface area contributed by atoms with Crippen molar-refractivity contribution in [1.29, 1.82) is 0 Å². The topological polar surface area (TPSA) is 41.1 Å². The molecule has 4 saturated carbocycles. The molecule has 5 rings (SSSR count). The lowest BCUT2D eigenvalue weighted by Crippen LogP contribution is -2.48. The normalized spacial score (nSPS) is 34.4. The van der Waals surface area contributed by atoms with Gasteiger partial charge in [-0.05, 0) is 85.8 Å². The molecular weight excluding hydrogens is 284 g/mol. The minimum atomic E-state index is -0.102. The molecular formula is C20H28N2O. The van der Waals surface area contributed by atoms with E-state index in [1.165, 1.54) is 44.1 Å². The van der Waals surface area contributed by atoms with Crippen molar-refractivity contribution >= 4 is 11.7 Å². The fourth-order valence-corrected chi connectivity index (χ4v) is 5.79. The summed E-state index contributed by atoms with van der Waals surface area (Å²) in [6.07, 6.45) is 9.58. The van der Waals surface area contributed by atoms with Crippen molar-refractivity contribution in [2.45, 2.75) is 57.3 Å². The predicted molar refractivity (Wildman–Crippen MR) is 93.6 cm³/mol. The molecule has 23 heavy (non-hydrogen) atoms. The minimum absolute atomic E-state index is 0.102. The third-order valence-electron chi connectivity index (χ3n) is 6.33. The zero-order chi connectivity index (χ0) is 15.9. The van der Waals surface area contributed by atoms with Crippen LogP contribution in [0.2, 0.25) is 0 Å². The summed E-state index contributed by atoms with van der Waals surface area (Å²) in [4.78, 5) is 11.8. The molecule has 3 nitrogen and oxygen atoms in total. The lowest BCUT2D eigenvalue weighted by Gasteiger charge is -2.57. The summed E-state index contributed by atoms with van der Waals surface area (Å²) in [7, 11) is 0. The Morgan fingerprint density at radius 3 is 2.13 bits per heavy atom. The highest BCUT2D eigenvalue weighted by Crippen LogP contribution is 2.60. The highest BCUT2D eigenvalue weighted by Gasteiger charge is 2.51. The average Bonchev–Trinajstić information content (AvgIpc) is 2.52. The molecule has 4 fully saturated rings. The Balaban J connectivity index is 1.47. The number of benzene rings is 1. The molecule has 2 N–H and O–H groups in total. The lowest BCUT2D eigenvalue weighted by atomic mass is 9.48. The number of carbonyl (C=O) groups is 1. The second-order valence-electron chi connectivity index (χ2n) is 8.16. The van der Waals surface area contributed by atoms with Gasteiger partial charge in [-0.15, -0.1) is 0 Å². The fraction of sp³-hybridized carbons (Fsp3) is 0.650. The molecule has 124 valence electrons. The van der Waals surface area contributed by atoms with Crippen LogP contribution >= 0.6 is 0 Å². The largest absolute Gasteiger partial charge is 0.338 e. The van der Waals surface area contributed by atoms with E-state index in [0.29, 0.717) is 5.41 Å². The first-order valence-corrected chi connectivity index (χ1v) is 9.32. The maximum atomic E-state index is 11.8. The van der Waals surface area contributed by atoms with Crippen LogP contribution < -0.4 is 10.6 Å². The second kappa shape index (κ2) is 5.85. The number of carbonyl (C=O) groups excluding carboxylic acids is 1. The van der Waals surface area contributed by atoms with Gasteiger partial charge in [0.25, 0.3) is 0 Å². The number of rotatable bonds is 4. The summed E-state index contributed by atoms with van der Waals surface area (Å²) >= 11 is 0. The molecule has 0 radical (unpaired) electrons. The van der Waals surface area contributed by atoms with Crippen molar-refractivity contribution in [3.05, 3.63) is 29.8 Å². The summed E-state index contributed by atoms with van der Waals surface area (Å²) in [5, 5.41) is 5.78. The van der Waals surface area contributed by atoms with Crippen LogP contribution in [0.4, 0.5) is 10.5 Å². The number of nitrogens with one attached hydrogen (secondary N) is 2. The second-order valence-corrected chi connectivity index (χ2v) is 8.16. The Hall–Kier alpha value is -1.51. The van der Waals surface area contributed by atoms with Gasteiger partial charge < -0.3 is 10.6 Å². The van der Waals surface area contributed by atoms with E-state index in [1.807, 2.05) is 0 Å². The van der Waals surface area contributed by atoms with Crippen LogP contribution in [0.25, 0.3) is 0 Å². The lowest BCUT2D eigenvalue weighted by molar-refractivity contribution is -0.00518. The SMILES string of the molecule is CCCNC(=O)Nc1ccc(C23CC4CC(CC(C4)C2)C3)cc1. The maximum Gasteiger partial charge on any atom is 0.319 e. The molecule has 2 amide bonds. The number of anilines is 1. The van der Waals surface area contributed by atoms with Crippen molar-refractivity contribution in [1.82, 2.24) is 5.32 Å². The first-order valence-electron chi connectivity index (χ1n) is 9.32. The summed E-state index contributed by atoms with van der Waals surface area (Å²) in [5.41, 5.74) is 2.85. The van der Waals surface area contributed by atoms with E-state index in [1.54, 1.807) is 0 Å². The number of hydrogen-bond acceptors (Lipinski definition) is 1. The molecule has 4 aliphatic carbocycles. The quantitative estimate of drug-likeness (QED) is 0.832. The Morgan fingerprint density at radius 1 is 1.04 bits per heavy atom. The van der Waals surface area contributed by atoms with Crippen LogP contribution in [0.15, 0.2) is 24.3 Å². The molecule has 1 aromatic carbocycles. The molecule has 0 saturated heterocycles. The van der Waals surface area contributed by atoms with Crippen LogP contribution in [0, 0.1) is 17.8 Å². The Labute approximate surface area is 139 Å². The molecule has 0 unspecified atom stereocenters. The summed E-state index contributed by atoms with van der Waals surface area (Å²) < 4.78 is 0. The fourth-order valence-electron chi connectivity index (χ4n) is 5.79. The van der Waals surface area contributed by atoms with E-state index in [4.69, 9.17) is 0 Å². The zero-order valence-corrected chi connectivity index (χ0v) is 14.1. The molecule has 1 aromatic rings. The van der Waals surface area contributed by atoms with Crippen LogP contribution in [-0.4, -0.2) is 12.6 Å². The highest BCUT2D eigenvalue weighted by molar-refractivity contribution is 5.89. The minimum Gasteiger partial charge on any atom is -0.338 e. The Bertz CT molecular complexity index is 543. The van der Waals surface area contributed by atoms with E-state index >= 15 is 0 Å². The van der Waals surface area contributed by atoms with Crippen molar-refractivity contribution in [2.24, 2.45) is 17.8 Å². The Morgan fingerprint density at radius 2 is 1.61 bits per heavy atom. The molecule has 4 aliphatic rings. The van der Waals surface area contributed by atoms with Gasteiger partial charge in [-0.25, -0.2) is 4.79 Å². The summed E-state index contributed by atoms with van der Waals surface area (Å²) in [6.45, 7) is 2.78. The monoisotopic (exact) mass is 312 g/mol. The third-order valence-corrected chi connectivity index (χ3v) is 6.33. The van der Waals surface area contributed by atoms with Gasteiger partial charge in [0.15, 0.2) is 0 Å². The van der Waals surface area contributed by atoms with Crippen molar-refractivity contribution in [3.8, 4) is 0 Å². The molecule has 3 heteroatoms. The van der Waals surface area contributed by atoms with Crippen molar-refractivity contribution < 1.29 is 4.79 Å². The standard InChI is InChI=1S/C20H28N2O/c1-2-7-21-19(23)22-18-5-3-17(4-6-18)20-11-14-8-15(12-20)10-16(9-14)13-20/h3-6,14-16H,2,7-13H2,1H3,(H2,21,22,23). The van der Waals surface area contributed by atoms with Gasteiger partial charge >= 0.3 is 6.03 Å². The van der Waals surface area contributed by atoms with E-state index in [-0.39, 0.29) is 6.03 Å². The molecule has 4 bridgehead atoms. The van der Waals surface area contributed by atoms with E-state index < -0.39 is 0 Å². The predicted octanol–water partition coefficient (Wildman–Crippen LogP) is 4.69. The van der Waals surface area contributed by atoms with Crippen LogP contribution in [0.3, 0.4) is 0 Å². The smallest absolute Gasteiger partial charge is 0.319 e. The average molecular weight is 312 g/mol.